The van der Waals surface area contributed by atoms with E-state index < -0.39 is 5.82 Å². The number of pyridine rings is 1. The van der Waals surface area contributed by atoms with Gasteiger partial charge in [-0.25, -0.2) is 14.4 Å². The first-order valence-electron chi connectivity index (χ1n) is 7.58. The number of aryl methyl sites for hydroxylation is 1. The van der Waals surface area contributed by atoms with E-state index in [-0.39, 0.29) is 18.0 Å². The number of aliphatic imine (C=N–C) groups is 1. The predicted molar refractivity (Wildman–Crippen MR) is 88.3 cm³/mol. The number of carbonyl (C=O) groups excluding carboxylic acids is 1. The minimum Gasteiger partial charge on any atom is -0.463 e. The average molecular weight is 328 g/mol. The number of amides is 1. The summed E-state index contributed by atoms with van der Waals surface area (Å²) in [6.07, 6.45) is 2.72. The second-order valence-corrected chi connectivity index (χ2v) is 5.48. The van der Waals surface area contributed by atoms with Gasteiger partial charge in [-0.05, 0) is 42.7 Å². The van der Waals surface area contributed by atoms with Gasteiger partial charge in [0.2, 0.25) is 0 Å². The molecule has 1 aromatic carbocycles. The maximum atomic E-state index is 12.8. The van der Waals surface area contributed by atoms with Crippen molar-refractivity contribution < 1.29 is 13.9 Å². The molecule has 0 saturated carbocycles. The Morgan fingerprint density at radius 1 is 1.29 bits per heavy atom. The van der Waals surface area contributed by atoms with Crippen LogP contribution in [0.1, 0.15) is 22.3 Å². The largest absolute Gasteiger partial charge is 0.463 e. The Bertz CT molecular complexity index is 744. The van der Waals surface area contributed by atoms with Gasteiger partial charge in [-0.1, -0.05) is 12.1 Å². The molecule has 2 aromatic rings. The van der Waals surface area contributed by atoms with Gasteiger partial charge < -0.3 is 15.8 Å². The molecule has 1 aliphatic rings. The SMILES string of the molecule is NC1=N[C@@H](CCc2ccc(C(=O)Nc3ccc(F)cn3)cc2)CO1. The summed E-state index contributed by atoms with van der Waals surface area (Å²) in [4.78, 5) is 20.1. The number of aromatic nitrogens is 1. The van der Waals surface area contributed by atoms with Crippen LogP contribution in [0.4, 0.5) is 10.2 Å². The van der Waals surface area contributed by atoms with Crippen LogP contribution in [0.15, 0.2) is 47.6 Å². The number of nitrogens with zero attached hydrogens (tertiary/aromatic N) is 2. The number of anilines is 1. The van der Waals surface area contributed by atoms with Crippen LogP contribution < -0.4 is 11.1 Å². The van der Waals surface area contributed by atoms with Crippen molar-refractivity contribution in [2.75, 3.05) is 11.9 Å². The molecule has 124 valence electrons. The Balaban J connectivity index is 1.55. The highest BCUT2D eigenvalue weighted by atomic mass is 19.1. The maximum Gasteiger partial charge on any atom is 0.282 e. The Morgan fingerprint density at radius 3 is 2.71 bits per heavy atom. The van der Waals surface area contributed by atoms with E-state index in [1.54, 1.807) is 12.1 Å². The number of nitrogens with one attached hydrogen (secondary N) is 1. The van der Waals surface area contributed by atoms with Crippen LogP contribution in [0.5, 0.6) is 0 Å². The minimum absolute atomic E-state index is 0.0949. The zero-order valence-corrected chi connectivity index (χ0v) is 12.9. The van der Waals surface area contributed by atoms with Crippen LogP contribution >= 0.6 is 0 Å². The maximum absolute atomic E-state index is 12.8. The molecule has 0 saturated heterocycles. The normalized spacial score (nSPS) is 16.4. The van der Waals surface area contributed by atoms with E-state index in [4.69, 9.17) is 10.5 Å². The van der Waals surface area contributed by atoms with E-state index in [1.165, 1.54) is 12.1 Å². The third kappa shape index (κ3) is 4.07. The van der Waals surface area contributed by atoms with Crippen LogP contribution in [0.2, 0.25) is 0 Å². The van der Waals surface area contributed by atoms with E-state index in [0.717, 1.165) is 24.6 Å². The topological polar surface area (TPSA) is 89.6 Å². The fraction of sp³-hybridized carbons (Fsp3) is 0.235. The van der Waals surface area contributed by atoms with Crippen LogP contribution in [-0.4, -0.2) is 29.6 Å². The number of hydrogen-bond donors (Lipinski definition) is 2. The van der Waals surface area contributed by atoms with Crippen LogP contribution in [0, 0.1) is 5.82 Å². The average Bonchev–Trinajstić information content (AvgIpc) is 3.01. The molecular weight excluding hydrogens is 311 g/mol. The van der Waals surface area contributed by atoms with Crippen molar-refractivity contribution in [3.8, 4) is 0 Å². The van der Waals surface area contributed by atoms with Gasteiger partial charge in [0.15, 0.2) is 0 Å². The van der Waals surface area contributed by atoms with Crippen molar-refractivity contribution in [2.45, 2.75) is 18.9 Å². The molecule has 0 fully saturated rings. The molecule has 0 radical (unpaired) electrons. The number of nitrogens with two attached hydrogens (primary N) is 1. The monoisotopic (exact) mass is 328 g/mol. The molecule has 1 amide bonds. The molecule has 0 unspecified atom stereocenters. The highest BCUT2D eigenvalue weighted by Crippen LogP contribution is 2.13. The van der Waals surface area contributed by atoms with Gasteiger partial charge in [0, 0.05) is 5.56 Å². The Hall–Kier alpha value is -2.96. The summed E-state index contributed by atoms with van der Waals surface area (Å²) < 4.78 is 17.9. The van der Waals surface area contributed by atoms with Crippen molar-refractivity contribution in [1.82, 2.24) is 4.98 Å². The molecule has 3 N–H and O–H groups in total. The molecule has 1 aromatic heterocycles. The van der Waals surface area contributed by atoms with E-state index in [1.807, 2.05) is 12.1 Å². The molecular formula is C17H17FN4O2. The molecule has 7 heteroatoms. The van der Waals surface area contributed by atoms with E-state index in [9.17, 15) is 9.18 Å². The second kappa shape index (κ2) is 7.08. The number of hydrogen-bond acceptors (Lipinski definition) is 5. The first-order valence-corrected chi connectivity index (χ1v) is 7.58. The van der Waals surface area contributed by atoms with Crippen LogP contribution in [0.3, 0.4) is 0 Å². The number of halogens is 1. The minimum atomic E-state index is -0.448. The zero-order valence-electron chi connectivity index (χ0n) is 12.9. The molecule has 0 spiro atoms. The first-order chi connectivity index (χ1) is 11.6. The standard InChI is InChI=1S/C17H17FN4O2/c18-13-6-8-15(20-9-13)22-16(23)12-4-1-11(2-5-12)3-7-14-10-24-17(19)21-14/h1-2,4-6,8-9,14H,3,7,10H2,(H2,19,21)(H,20,22,23)/t14-/m0/s1. The predicted octanol–water partition coefficient (Wildman–Crippen LogP) is 2.12. The van der Waals surface area contributed by atoms with Gasteiger partial charge in [0.25, 0.3) is 11.9 Å². The van der Waals surface area contributed by atoms with Crippen LogP contribution in [0.25, 0.3) is 0 Å². The van der Waals surface area contributed by atoms with Gasteiger partial charge in [-0.2, -0.15) is 0 Å². The van der Waals surface area contributed by atoms with Crippen molar-refractivity contribution in [3.63, 3.8) is 0 Å². The molecule has 3 rings (SSSR count). The molecule has 0 aliphatic carbocycles. The molecule has 24 heavy (non-hydrogen) atoms. The Kier molecular flexibility index (Phi) is 4.69. The quantitative estimate of drug-likeness (QED) is 0.880. The third-order valence-corrected chi connectivity index (χ3v) is 3.68. The summed E-state index contributed by atoms with van der Waals surface area (Å²) >= 11 is 0. The van der Waals surface area contributed by atoms with Crippen molar-refractivity contribution in [2.24, 2.45) is 10.7 Å². The highest BCUT2D eigenvalue weighted by Gasteiger charge is 2.16. The number of carbonyl (C=O) groups is 1. The molecule has 1 atom stereocenters. The Morgan fingerprint density at radius 2 is 2.08 bits per heavy atom. The van der Waals surface area contributed by atoms with E-state index in [0.29, 0.717) is 18.0 Å². The van der Waals surface area contributed by atoms with Gasteiger partial charge in [0.1, 0.15) is 18.2 Å². The molecule has 6 nitrogen and oxygen atoms in total. The van der Waals surface area contributed by atoms with E-state index in [2.05, 4.69) is 15.3 Å². The summed E-state index contributed by atoms with van der Waals surface area (Å²) in [7, 11) is 0. The zero-order chi connectivity index (χ0) is 16.9. The van der Waals surface area contributed by atoms with Crippen molar-refractivity contribution >= 4 is 17.7 Å². The molecule has 0 bridgehead atoms. The summed E-state index contributed by atoms with van der Waals surface area (Å²) in [5.74, 6) is -0.430. The number of ether oxygens (including phenoxy) is 1. The lowest BCUT2D eigenvalue weighted by atomic mass is 10.0. The third-order valence-electron chi connectivity index (χ3n) is 3.68. The number of rotatable bonds is 5. The summed E-state index contributed by atoms with van der Waals surface area (Å²) in [6.45, 7) is 0.525. The summed E-state index contributed by atoms with van der Waals surface area (Å²) in [5.41, 5.74) is 7.09. The molecule has 1 aliphatic heterocycles. The fourth-order valence-electron chi connectivity index (χ4n) is 2.38. The first kappa shape index (κ1) is 15.9. The van der Waals surface area contributed by atoms with E-state index >= 15 is 0 Å². The molecule has 2 heterocycles. The summed E-state index contributed by atoms with van der Waals surface area (Å²) in [5, 5.41) is 2.62. The Labute approximate surface area is 138 Å². The second-order valence-electron chi connectivity index (χ2n) is 5.48. The lowest BCUT2D eigenvalue weighted by molar-refractivity contribution is 0.102. The van der Waals surface area contributed by atoms with Gasteiger partial charge >= 0.3 is 0 Å². The van der Waals surface area contributed by atoms with Gasteiger partial charge in [-0.3, -0.25) is 4.79 Å². The highest BCUT2D eigenvalue weighted by molar-refractivity contribution is 6.03. The van der Waals surface area contributed by atoms with Crippen LogP contribution in [-0.2, 0) is 11.2 Å². The fourth-order valence-corrected chi connectivity index (χ4v) is 2.38. The lowest BCUT2D eigenvalue weighted by Gasteiger charge is -2.07. The smallest absolute Gasteiger partial charge is 0.282 e. The lowest BCUT2D eigenvalue weighted by Crippen LogP contribution is -2.13. The van der Waals surface area contributed by atoms with Gasteiger partial charge in [0.05, 0.1) is 12.2 Å². The summed E-state index contributed by atoms with van der Waals surface area (Å²) in [6, 6.07) is 10.3. The van der Waals surface area contributed by atoms with Crippen molar-refractivity contribution in [1.29, 1.82) is 0 Å². The number of benzene rings is 1. The number of amidine groups is 1. The van der Waals surface area contributed by atoms with Gasteiger partial charge in [-0.15, -0.1) is 0 Å². The van der Waals surface area contributed by atoms with Crippen molar-refractivity contribution in [3.05, 3.63) is 59.5 Å².